The lowest BCUT2D eigenvalue weighted by atomic mass is 9.89. The number of sulfonamides is 1. The Balaban J connectivity index is 1.39. The number of nitrogens with zero attached hydrogens (tertiary/aromatic N) is 2. The molecule has 0 unspecified atom stereocenters. The van der Waals surface area contributed by atoms with Crippen LogP contribution in [0, 0.1) is 11.2 Å². The van der Waals surface area contributed by atoms with E-state index in [1.165, 1.54) is 18.2 Å². The van der Waals surface area contributed by atoms with Crippen LogP contribution in [0.4, 0.5) is 32.0 Å². The van der Waals surface area contributed by atoms with E-state index < -0.39 is 61.8 Å². The minimum Gasteiger partial charge on any atom is -0.481 e. The molecule has 0 amide bonds. The number of alkyl halides is 5. The smallest absolute Gasteiger partial charge is 0.416 e. The highest BCUT2D eigenvalue weighted by atomic mass is 32.2. The fraction of sp³-hybridized carbons (Fsp3) is 0.345. The summed E-state index contributed by atoms with van der Waals surface area (Å²) < 4.78 is 120. The van der Waals surface area contributed by atoms with E-state index in [4.69, 9.17) is 4.74 Å². The van der Waals surface area contributed by atoms with Gasteiger partial charge in [0.1, 0.15) is 17.3 Å². The number of rotatable bonds is 8. The first-order chi connectivity index (χ1) is 20.6. The van der Waals surface area contributed by atoms with Crippen molar-refractivity contribution >= 4 is 21.7 Å². The van der Waals surface area contributed by atoms with E-state index in [-0.39, 0.29) is 48.7 Å². The van der Waals surface area contributed by atoms with Gasteiger partial charge in [-0.15, -0.1) is 0 Å². The number of carboxylic acids is 1. The van der Waals surface area contributed by atoms with Crippen molar-refractivity contribution in [3.05, 3.63) is 72.0 Å². The van der Waals surface area contributed by atoms with Crippen LogP contribution in [0.25, 0.3) is 11.1 Å². The van der Waals surface area contributed by atoms with Crippen molar-refractivity contribution in [2.24, 2.45) is 5.41 Å². The molecule has 3 aromatic carbocycles. The van der Waals surface area contributed by atoms with Crippen LogP contribution >= 0.6 is 0 Å². The van der Waals surface area contributed by atoms with Crippen LogP contribution in [0.5, 0.6) is 11.5 Å². The summed E-state index contributed by atoms with van der Waals surface area (Å²) in [6.07, 6.45) is -3.79. The quantitative estimate of drug-likeness (QED) is 0.319. The molecule has 1 saturated heterocycles. The van der Waals surface area contributed by atoms with Gasteiger partial charge in [0, 0.05) is 25.7 Å². The number of carboxylic acid groups (broad SMARTS) is 1. The van der Waals surface area contributed by atoms with Crippen LogP contribution in [0.1, 0.15) is 18.4 Å². The van der Waals surface area contributed by atoms with Crippen LogP contribution in [-0.2, 0) is 21.0 Å². The molecule has 0 bridgehead atoms. The third kappa shape index (κ3) is 5.54. The lowest BCUT2D eigenvalue weighted by Crippen LogP contribution is -2.71. The van der Waals surface area contributed by atoms with Gasteiger partial charge >= 0.3 is 18.8 Å². The lowest BCUT2D eigenvalue weighted by molar-refractivity contribution is -0.147. The number of hydrogen-bond acceptors (Lipinski definition) is 6. The zero-order chi connectivity index (χ0) is 31.7. The van der Waals surface area contributed by atoms with Gasteiger partial charge < -0.3 is 14.6 Å². The molecular formula is C29H24F6N2O6S. The number of carbonyl (C=O) groups is 1. The first-order valence-corrected chi connectivity index (χ1v) is 14.8. The van der Waals surface area contributed by atoms with Gasteiger partial charge in [-0.3, -0.25) is 14.0 Å². The number of ether oxygens (including phenoxy) is 2. The average Bonchev–Trinajstić information content (AvgIpc) is 3.71. The molecule has 3 aliphatic rings. The first-order valence-electron chi connectivity index (χ1n) is 13.3. The fourth-order valence-corrected chi connectivity index (χ4v) is 7.32. The van der Waals surface area contributed by atoms with Crippen molar-refractivity contribution in [2.45, 2.75) is 36.1 Å². The van der Waals surface area contributed by atoms with E-state index in [1.807, 2.05) is 4.90 Å². The Morgan fingerprint density at radius 2 is 1.73 bits per heavy atom. The molecule has 0 aromatic heterocycles. The molecular weight excluding hydrogens is 618 g/mol. The van der Waals surface area contributed by atoms with Crippen LogP contribution in [0.3, 0.4) is 0 Å². The Bertz CT molecular complexity index is 1740. The standard InChI is InChI=1S/C29H24F6N2O6S/c30-20-8-18(9-21(12-20)42-26(31)32)17-4-5-24-23(10-17)37(44(40,41)22-3-1-2-19(11-22)29(33,34)35)16-28(43-24)14-36(15-28)13-27(6-7-27)25(38)39/h1-5,8-12,26H,6-7,13-16H2,(H,38,39). The second-order valence-corrected chi connectivity index (χ2v) is 13.2. The predicted molar refractivity (Wildman–Crippen MR) is 144 cm³/mol. The van der Waals surface area contributed by atoms with E-state index in [0.29, 0.717) is 18.9 Å². The highest BCUT2D eigenvalue weighted by Gasteiger charge is 2.57. The Morgan fingerprint density at radius 3 is 2.36 bits per heavy atom. The molecule has 8 nitrogen and oxygen atoms in total. The van der Waals surface area contributed by atoms with Gasteiger partial charge in [0.2, 0.25) is 0 Å². The SMILES string of the molecule is O=C(O)C1(CN2CC3(C2)CN(S(=O)(=O)c2cccc(C(F)(F)F)c2)c2cc(-c4cc(F)cc(OC(F)F)c4)ccc2O3)CC1. The van der Waals surface area contributed by atoms with Crippen LogP contribution in [0.15, 0.2) is 65.6 Å². The second-order valence-electron chi connectivity index (χ2n) is 11.3. The number of benzene rings is 3. The summed E-state index contributed by atoms with van der Waals surface area (Å²) in [6.45, 7) is -2.98. The van der Waals surface area contributed by atoms with E-state index in [1.54, 1.807) is 0 Å². The minimum absolute atomic E-state index is 0.0613. The van der Waals surface area contributed by atoms with Gasteiger partial charge in [-0.25, -0.2) is 12.8 Å². The monoisotopic (exact) mass is 642 g/mol. The highest BCUT2D eigenvalue weighted by Crippen LogP contribution is 2.50. The Labute approximate surface area is 247 Å². The predicted octanol–water partition coefficient (Wildman–Crippen LogP) is 5.62. The maximum atomic E-state index is 14.3. The van der Waals surface area contributed by atoms with Crippen molar-refractivity contribution < 1.29 is 54.1 Å². The molecule has 0 atom stereocenters. The van der Waals surface area contributed by atoms with Crippen LogP contribution < -0.4 is 13.8 Å². The molecule has 1 aliphatic carbocycles. The number of likely N-dealkylation sites (tertiary alicyclic amines) is 1. The molecule has 2 aliphatic heterocycles. The zero-order valence-corrected chi connectivity index (χ0v) is 23.5. The highest BCUT2D eigenvalue weighted by molar-refractivity contribution is 7.92. The van der Waals surface area contributed by atoms with E-state index >= 15 is 0 Å². The summed E-state index contributed by atoms with van der Waals surface area (Å²) in [5.74, 6) is -2.23. The van der Waals surface area contributed by atoms with Crippen LogP contribution in [0.2, 0.25) is 0 Å². The fourth-order valence-electron chi connectivity index (χ4n) is 5.73. The molecule has 15 heteroatoms. The minimum atomic E-state index is -4.81. The Hall–Kier alpha value is -3.98. The normalized spacial score (nSPS) is 18.8. The van der Waals surface area contributed by atoms with Crippen molar-refractivity contribution in [1.82, 2.24) is 4.90 Å². The van der Waals surface area contributed by atoms with Gasteiger partial charge in [-0.1, -0.05) is 12.1 Å². The molecule has 1 N–H and O–H groups in total. The molecule has 44 heavy (non-hydrogen) atoms. The molecule has 234 valence electrons. The van der Waals surface area contributed by atoms with Gasteiger partial charge in [0.05, 0.1) is 28.1 Å². The molecule has 2 fully saturated rings. The summed E-state index contributed by atoms with van der Waals surface area (Å²) in [6, 6.07) is 10.4. The maximum absolute atomic E-state index is 14.3. The van der Waals surface area contributed by atoms with E-state index in [2.05, 4.69) is 4.74 Å². The van der Waals surface area contributed by atoms with Gasteiger partial charge in [0.25, 0.3) is 10.0 Å². The summed E-state index contributed by atoms with van der Waals surface area (Å²) in [4.78, 5) is 12.9. The molecule has 0 radical (unpaired) electrons. The second kappa shape index (κ2) is 10.3. The van der Waals surface area contributed by atoms with Crippen molar-refractivity contribution in [2.75, 3.05) is 30.5 Å². The Kier molecular flexibility index (Phi) is 7.03. The number of hydrogen-bond donors (Lipinski definition) is 1. The maximum Gasteiger partial charge on any atom is 0.416 e. The number of aliphatic carboxylic acids is 1. The molecule has 2 heterocycles. The number of fused-ring (bicyclic) bond motifs is 1. The van der Waals surface area contributed by atoms with E-state index in [0.717, 1.165) is 40.7 Å². The van der Waals surface area contributed by atoms with Gasteiger partial charge in [0.15, 0.2) is 5.60 Å². The molecule has 1 spiro atoms. The third-order valence-electron chi connectivity index (χ3n) is 8.02. The van der Waals surface area contributed by atoms with Crippen molar-refractivity contribution in [1.29, 1.82) is 0 Å². The average molecular weight is 643 g/mol. The van der Waals surface area contributed by atoms with Gasteiger partial charge in [-0.2, -0.15) is 22.0 Å². The zero-order valence-electron chi connectivity index (χ0n) is 22.7. The van der Waals surface area contributed by atoms with Crippen LogP contribution in [-0.4, -0.2) is 62.8 Å². The summed E-state index contributed by atoms with van der Waals surface area (Å²) >= 11 is 0. The molecule has 3 aromatic rings. The van der Waals surface area contributed by atoms with E-state index in [9.17, 15) is 44.7 Å². The lowest BCUT2D eigenvalue weighted by Gasteiger charge is -2.54. The number of halogens is 6. The topological polar surface area (TPSA) is 96.4 Å². The number of anilines is 1. The first kappa shape index (κ1) is 30.1. The summed E-state index contributed by atoms with van der Waals surface area (Å²) in [5, 5.41) is 9.56. The Morgan fingerprint density at radius 1 is 1.00 bits per heavy atom. The largest absolute Gasteiger partial charge is 0.481 e. The molecule has 1 saturated carbocycles. The molecule has 6 rings (SSSR count). The third-order valence-corrected chi connectivity index (χ3v) is 9.78. The van der Waals surface area contributed by atoms with Gasteiger partial charge in [-0.05, 0) is 66.4 Å². The van der Waals surface area contributed by atoms with Crippen molar-refractivity contribution in [3.63, 3.8) is 0 Å². The summed E-state index contributed by atoms with van der Waals surface area (Å²) in [5.41, 5.74) is -2.97. The van der Waals surface area contributed by atoms with Crippen molar-refractivity contribution in [3.8, 4) is 22.6 Å². The summed E-state index contributed by atoms with van der Waals surface area (Å²) in [7, 11) is -4.65.